The first-order chi connectivity index (χ1) is 26.3. The maximum atomic E-state index is 15.3. The monoisotopic (exact) mass is 757 g/mol. The summed E-state index contributed by atoms with van der Waals surface area (Å²) in [4.78, 5) is 0. The highest BCUT2D eigenvalue weighted by molar-refractivity contribution is 6.12. The summed E-state index contributed by atoms with van der Waals surface area (Å²) in [5, 5.41) is 13.9. The predicted octanol–water partition coefficient (Wildman–Crippen LogP) is 14.1. The third-order valence-electron chi connectivity index (χ3n) is 10.7. The van der Waals surface area contributed by atoms with Crippen LogP contribution in [0.1, 0.15) is 69.4 Å². The van der Waals surface area contributed by atoms with Crippen LogP contribution >= 0.6 is 0 Å². The van der Waals surface area contributed by atoms with Crippen LogP contribution in [0.4, 0.5) is 26.3 Å². The topological polar surface area (TPSA) is 33.6 Å². The van der Waals surface area contributed by atoms with E-state index in [1.54, 1.807) is 0 Å². The van der Waals surface area contributed by atoms with Crippen molar-refractivity contribution in [1.29, 1.82) is 5.26 Å². The summed E-state index contributed by atoms with van der Waals surface area (Å²) in [5.74, 6) is 0. The lowest BCUT2D eigenvalue weighted by Crippen LogP contribution is -2.14. The Morgan fingerprint density at radius 2 is 0.893 bits per heavy atom. The van der Waals surface area contributed by atoms with Crippen molar-refractivity contribution in [2.45, 2.75) is 64.7 Å². The second-order valence-corrected chi connectivity index (χ2v) is 16.4. The number of hydrogen-bond donors (Lipinski definition) is 0. The van der Waals surface area contributed by atoms with Crippen molar-refractivity contribution in [1.82, 2.24) is 9.13 Å². The molecule has 0 fully saturated rings. The van der Waals surface area contributed by atoms with E-state index in [4.69, 9.17) is 0 Å². The Labute approximate surface area is 320 Å². The molecule has 0 atom stereocenters. The SMILES string of the molecule is CC(C)(C)c1ccc2c(c1)c1ccccc1n2-c1cc(C#N)cc(-n2c3ccccc3c3cc(C(C)(C)C)ccc32)c1-c1ccc(C(F)(F)F)cc1C(F)(F)F. The van der Waals surface area contributed by atoms with Gasteiger partial charge >= 0.3 is 12.4 Å². The van der Waals surface area contributed by atoms with Gasteiger partial charge in [-0.05, 0) is 88.2 Å². The molecule has 9 heteroatoms. The van der Waals surface area contributed by atoms with Gasteiger partial charge in [-0.3, -0.25) is 0 Å². The van der Waals surface area contributed by atoms with Crippen molar-refractivity contribution in [2.24, 2.45) is 0 Å². The molecule has 282 valence electrons. The molecule has 56 heavy (non-hydrogen) atoms. The molecule has 0 bridgehead atoms. The highest BCUT2D eigenvalue weighted by Gasteiger charge is 2.40. The molecule has 0 saturated carbocycles. The minimum Gasteiger partial charge on any atom is -0.308 e. The molecule has 0 unspecified atom stereocenters. The van der Waals surface area contributed by atoms with Crippen molar-refractivity contribution in [3.63, 3.8) is 0 Å². The van der Waals surface area contributed by atoms with E-state index in [0.717, 1.165) is 38.7 Å². The third-order valence-corrected chi connectivity index (χ3v) is 10.7. The molecule has 0 saturated heterocycles. The Balaban J connectivity index is 1.61. The number of para-hydroxylation sites is 2. The Kier molecular flexibility index (Phi) is 8.25. The molecule has 0 aliphatic heterocycles. The van der Waals surface area contributed by atoms with Crippen molar-refractivity contribution < 1.29 is 26.3 Å². The van der Waals surface area contributed by atoms with E-state index in [9.17, 15) is 18.4 Å². The van der Waals surface area contributed by atoms with E-state index < -0.39 is 29.0 Å². The number of hydrogen-bond acceptors (Lipinski definition) is 1. The van der Waals surface area contributed by atoms with Crippen LogP contribution in [0.25, 0.3) is 66.1 Å². The van der Waals surface area contributed by atoms with Crippen LogP contribution in [0.5, 0.6) is 0 Å². The number of fused-ring (bicyclic) bond motifs is 6. The molecule has 0 aliphatic carbocycles. The molecule has 8 aromatic rings. The Morgan fingerprint density at radius 3 is 1.30 bits per heavy atom. The van der Waals surface area contributed by atoms with Gasteiger partial charge in [-0.15, -0.1) is 0 Å². The Bertz CT molecular complexity index is 2770. The molecule has 0 N–H and O–H groups in total. The molecule has 0 spiro atoms. The standard InChI is InChI=1S/C47H37F6N3/c1-44(2,3)28-16-19-39-34(23-28)31-11-7-9-13-37(31)55(39)41-21-27(26-54)22-42(43(41)33-18-15-30(46(48,49)50)25-36(33)47(51,52)53)56-38-14-10-8-12-32(38)35-24-29(45(4,5)6)17-20-40(35)56/h7-25H,1-6H3. The summed E-state index contributed by atoms with van der Waals surface area (Å²) < 4.78 is 91.9. The first-order valence-electron chi connectivity index (χ1n) is 18.2. The Morgan fingerprint density at radius 1 is 0.464 bits per heavy atom. The van der Waals surface area contributed by atoms with E-state index in [0.29, 0.717) is 28.1 Å². The fourth-order valence-corrected chi connectivity index (χ4v) is 7.88. The minimum atomic E-state index is -5.18. The van der Waals surface area contributed by atoms with Crippen molar-refractivity contribution in [3.8, 4) is 28.6 Å². The van der Waals surface area contributed by atoms with Gasteiger partial charge in [0.15, 0.2) is 0 Å². The molecular weight excluding hydrogens is 721 g/mol. The lowest BCUT2D eigenvalue weighted by atomic mass is 9.86. The minimum absolute atomic E-state index is 0.0233. The molecule has 3 nitrogen and oxygen atoms in total. The van der Waals surface area contributed by atoms with E-state index in [-0.39, 0.29) is 39.4 Å². The van der Waals surface area contributed by atoms with Gasteiger partial charge < -0.3 is 9.13 Å². The number of alkyl halides is 6. The summed E-state index contributed by atoms with van der Waals surface area (Å²) in [7, 11) is 0. The molecule has 0 aliphatic rings. The molecule has 8 rings (SSSR count). The highest BCUT2D eigenvalue weighted by Crippen LogP contribution is 2.48. The molecule has 2 heterocycles. The highest BCUT2D eigenvalue weighted by atomic mass is 19.4. The zero-order valence-electron chi connectivity index (χ0n) is 31.6. The first-order valence-corrected chi connectivity index (χ1v) is 18.2. The molecule has 0 amide bonds. The van der Waals surface area contributed by atoms with E-state index in [1.165, 1.54) is 12.1 Å². The van der Waals surface area contributed by atoms with Crippen LogP contribution in [-0.2, 0) is 23.2 Å². The summed E-state index contributed by atoms with van der Waals surface area (Å²) in [5.41, 5.74) is 1.62. The number of aromatic nitrogens is 2. The van der Waals surface area contributed by atoms with Crippen LogP contribution in [0.3, 0.4) is 0 Å². The average Bonchev–Trinajstić information content (AvgIpc) is 3.65. The summed E-state index contributed by atoms with van der Waals surface area (Å²) in [6.45, 7) is 12.5. The number of benzene rings is 6. The number of nitrogens with zero attached hydrogens (tertiary/aromatic N) is 3. The van der Waals surface area contributed by atoms with Gasteiger partial charge in [0.2, 0.25) is 0 Å². The van der Waals surface area contributed by atoms with Gasteiger partial charge in [0.1, 0.15) is 0 Å². The van der Waals surface area contributed by atoms with Crippen molar-refractivity contribution in [3.05, 3.63) is 143 Å². The largest absolute Gasteiger partial charge is 0.417 e. The van der Waals surface area contributed by atoms with Gasteiger partial charge in [0, 0.05) is 27.1 Å². The Hall–Kier alpha value is -6.01. The molecule has 2 aromatic heterocycles. The fraction of sp³-hybridized carbons (Fsp3) is 0.213. The van der Waals surface area contributed by atoms with E-state index in [2.05, 4.69) is 59.7 Å². The van der Waals surface area contributed by atoms with E-state index >= 15 is 13.2 Å². The van der Waals surface area contributed by atoms with Gasteiger partial charge in [-0.25, -0.2) is 0 Å². The maximum absolute atomic E-state index is 15.3. The first kappa shape index (κ1) is 36.9. The predicted molar refractivity (Wildman–Crippen MR) is 213 cm³/mol. The van der Waals surface area contributed by atoms with Gasteiger partial charge in [-0.1, -0.05) is 96.1 Å². The number of rotatable bonds is 3. The lowest BCUT2D eigenvalue weighted by molar-refractivity contribution is -0.142. The fourth-order valence-electron chi connectivity index (χ4n) is 7.88. The normalized spacial score (nSPS) is 13.0. The number of nitriles is 1. The van der Waals surface area contributed by atoms with E-state index in [1.807, 2.05) is 81.9 Å². The third kappa shape index (κ3) is 5.99. The average molecular weight is 758 g/mol. The zero-order valence-corrected chi connectivity index (χ0v) is 31.6. The lowest BCUT2D eigenvalue weighted by Gasteiger charge is -2.24. The van der Waals surface area contributed by atoms with Crippen LogP contribution in [0.15, 0.2) is 115 Å². The van der Waals surface area contributed by atoms with Crippen molar-refractivity contribution in [2.75, 3.05) is 0 Å². The summed E-state index contributed by atoms with van der Waals surface area (Å²) >= 11 is 0. The second-order valence-electron chi connectivity index (χ2n) is 16.4. The van der Waals surface area contributed by atoms with Gasteiger partial charge in [-0.2, -0.15) is 31.6 Å². The summed E-state index contributed by atoms with van der Waals surface area (Å²) in [6, 6.07) is 34.1. The maximum Gasteiger partial charge on any atom is 0.417 e. The van der Waals surface area contributed by atoms with Crippen molar-refractivity contribution >= 4 is 43.6 Å². The van der Waals surface area contributed by atoms with Gasteiger partial charge in [0.05, 0.1) is 56.2 Å². The second kappa shape index (κ2) is 12.5. The van der Waals surface area contributed by atoms with Crippen LogP contribution in [0, 0.1) is 11.3 Å². The summed E-state index contributed by atoms with van der Waals surface area (Å²) in [6.07, 6.45) is -10.2. The van der Waals surface area contributed by atoms with Crippen LogP contribution in [0.2, 0.25) is 0 Å². The molecule has 6 aromatic carbocycles. The number of halogens is 6. The quantitative estimate of drug-likeness (QED) is 0.165. The van der Waals surface area contributed by atoms with Crippen LogP contribution in [-0.4, -0.2) is 9.13 Å². The molecular formula is C47H37F6N3. The van der Waals surface area contributed by atoms with Gasteiger partial charge in [0.25, 0.3) is 0 Å². The smallest absolute Gasteiger partial charge is 0.308 e. The zero-order chi connectivity index (χ0) is 40.1. The molecule has 0 radical (unpaired) electrons. The van der Waals surface area contributed by atoms with Crippen LogP contribution < -0.4 is 0 Å².